The number of methoxy groups -OCH3 is 3. The van der Waals surface area contributed by atoms with Crippen molar-refractivity contribution in [3.8, 4) is 51.3 Å². The van der Waals surface area contributed by atoms with E-state index in [0.717, 1.165) is 0 Å². The Bertz CT molecular complexity index is 1030. The van der Waals surface area contributed by atoms with E-state index in [2.05, 4.69) is 4.98 Å². The second-order valence-electron chi connectivity index (χ2n) is 5.70. The number of benzene rings is 2. The molecule has 0 aliphatic carbocycles. The summed E-state index contributed by atoms with van der Waals surface area (Å²) >= 11 is 0. The molecular formula is C19H17NO7. The van der Waals surface area contributed by atoms with Gasteiger partial charge in [-0.15, -0.1) is 0 Å². The third kappa shape index (κ3) is 2.84. The Morgan fingerprint density at radius 1 is 0.889 bits per heavy atom. The van der Waals surface area contributed by atoms with E-state index < -0.39 is 5.76 Å². The normalized spacial score (nSPS) is 12.1. The lowest BCUT2D eigenvalue weighted by molar-refractivity contribution is 0.174. The molecule has 0 fully saturated rings. The van der Waals surface area contributed by atoms with Crippen LogP contribution in [0.3, 0.4) is 0 Å². The number of hydrogen-bond acceptors (Lipinski definition) is 7. The minimum Gasteiger partial charge on any atom is -0.493 e. The van der Waals surface area contributed by atoms with Crippen LogP contribution in [-0.4, -0.2) is 33.1 Å². The van der Waals surface area contributed by atoms with Crippen LogP contribution in [-0.2, 0) is 0 Å². The minimum atomic E-state index is -0.577. The van der Waals surface area contributed by atoms with Gasteiger partial charge in [0.05, 0.1) is 27.0 Å². The van der Waals surface area contributed by atoms with Gasteiger partial charge in [-0.2, -0.15) is 0 Å². The SMILES string of the molecule is COc1cc(-c2[nH]c(=O)oc2-c2ccc3c(c2)OCO3)cc(OC)c1OC. The van der Waals surface area contributed by atoms with E-state index in [1.165, 1.54) is 21.3 Å². The summed E-state index contributed by atoms with van der Waals surface area (Å²) in [5.41, 5.74) is 1.79. The number of hydrogen-bond donors (Lipinski definition) is 1. The number of ether oxygens (including phenoxy) is 5. The molecule has 0 spiro atoms. The van der Waals surface area contributed by atoms with E-state index in [4.69, 9.17) is 28.1 Å². The second-order valence-corrected chi connectivity index (χ2v) is 5.70. The van der Waals surface area contributed by atoms with E-state index in [9.17, 15) is 4.79 Å². The average Bonchev–Trinajstić information content (AvgIpc) is 3.32. The molecule has 1 aliphatic heterocycles. The monoisotopic (exact) mass is 371 g/mol. The van der Waals surface area contributed by atoms with Crippen molar-refractivity contribution in [2.24, 2.45) is 0 Å². The quantitative estimate of drug-likeness (QED) is 0.737. The van der Waals surface area contributed by atoms with Gasteiger partial charge in [-0.25, -0.2) is 4.79 Å². The van der Waals surface area contributed by atoms with Crippen LogP contribution in [0.15, 0.2) is 39.5 Å². The maximum Gasteiger partial charge on any atom is 0.417 e. The first-order valence-electron chi connectivity index (χ1n) is 8.08. The molecule has 0 saturated heterocycles. The van der Waals surface area contributed by atoms with Crippen LogP contribution >= 0.6 is 0 Å². The zero-order valence-electron chi connectivity index (χ0n) is 15.0. The molecule has 0 radical (unpaired) electrons. The Balaban J connectivity index is 1.88. The predicted octanol–water partition coefficient (Wildman–Crippen LogP) is 3.06. The molecular weight excluding hydrogens is 354 g/mol. The van der Waals surface area contributed by atoms with Crippen LogP contribution in [0.2, 0.25) is 0 Å². The maximum atomic E-state index is 12.0. The Labute approximate surface area is 154 Å². The number of aromatic amines is 1. The molecule has 1 aromatic heterocycles. The molecule has 2 heterocycles. The Kier molecular flexibility index (Phi) is 4.15. The molecule has 1 N–H and O–H groups in total. The number of rotatable bonds is 5. The molecule has 8 heteroatoms. The van der Waals surface area contributed by atoms with E-state index in [1.807, 2.05) is 0 Å². The fourth-order valence-electron chi connectivity index (χ4n) is 3.00. The summed E-state index contributed by atoms with van der Waals surface area (Å²) in [6.45, 7) is 0.162. The van der Waals surface area contributed by atoms with Crippen molar-refractivity contribution < 1.29 is 28.1 Å². The largest absolute Gasteiger partial charge is 0.493 e. The lowest BCUT2D eigenvalue weighted by Crippen LogP contribution is -1.97. The standard InChI is InChI=1S/C19H17NO7/c1-22-14-7-11(8-15(23-2)18(14)24-3)16-17(27-19(21)20-16)10-4-5-12-13(6-10)26-9-25-12/h4-8H,9H2,1-3H3,(H,20,21). The van der Waals surface area contributed by atoms with Gasteiger partial charge >= 0.3 is 5.76 Å². The van der Waals surface area contributed by atoms with Crippen molar-refractivity contribution in [2.45, 2.75) is 0 Å². The summed E-state index contributed by atoms with van der Waals surface area (Å²) < 4.78 is 32.3. The maximum absolute atomic E-state index is 12.0. The zero-order valence-corrected chi connectivity index (χ0v) is 15.0. The average molecular weight is 371 g/mol. The third-order valence-corrected chi connectivity index (χ3v) is 4.24. The van der Waals surface area contributed by atoms with E-state index in [0.29, 0.717) is 51.3 Å². The van der Waals surface area contributed by atoms with Crippen LogP contribution in [0.4, 0.5) is 0 Å². The number of aromatic nitrogens is 1. The van der Waals surface area contributed by atoms with Crippen LogP contribution in [0, 0.1) is 0 Å². The fourth-order valence-corrected chi connectivity index (χ4v) is 3.00. The van der Waals surface area contributed by atoms with Crippen molar-refractivity contribution in [1.29, 1.82) is 0 Å². The van der Waals surface area contributed by atoms with Crippen molar-refractivity contribution in [1.82, 2.24) is 4.98 Å². The lowest BCUT2D eigenvalue weighted by Gasteiger charge is -2.14. The van der Waals surface area contributed by atoms with E-state index in [-0.39, 0.29) is 6.79 Å². The summed E-state index contributed by atoms with van der Waals surface area (Å²) in [6.07, 6.45) is 0. The molecule has 0 saturated carbocycles. The Morgan fingerprint density at radius 3 is 2.26 bits per heavy atom. The molecule has 140 valence electrons. The van der Waals surface area contributed by atoms with Gasteiger partial charge in [-0.05, 0) is 30.3 Å². The van der Waals surface area contributed by atoms with Gasteiger partial charge in [0.25, 0.3) is 0 Å². The van der Waals surface area contributed by atoms with Crippen molar-refractivity contribution in [2.75, 3.05) is 28.1 Å². The van der Waals surface area contributed by atoms with Crippen LogP contribution in [0.1, 0.15) is 0 Å². The number of H-pyrrole nitrogens is 1. The first kappa shape index (κ1) is 16.9. The van der Waals surface area contributed by atoms with E-state index in [1.54, 1.807) is 30.3 Å². The van der Waals surface area contributed by atoms with Gasteiger partial charge in [0, 0.05) is 11.1 Å². The molecule has 0 unspecified atom stereocenters. The number of oxazole rings is 1. The molecule has 3 aromatic rings. The van der Waals surface area contributed by atoms with Gasteiger partial charge in [-0.3, -0.25) is 4.98 Å². The molecule has 0 amide bonds. The second kappa shape index (κ2) is 6.64. The molecule has 27 heavy (non-hydrogen) atoms. The van der Waals surface area contributed by atoms with Crippen LogP contribution in [0.25, 0.3) is 22.6 Å². The topological polar surface area (TPSA) is 92.2 Å². The first-order chi connectivity index (χ1) is 13.1. The molecule has 0 atom stereocenters. The van der Waals surface area contributed by atoms with Crippen LogP contribution < -0.4 is 29.4 Å². The van der Waals surface area contributed by atoms with Gasteiger partial charge < -0.3 is 28.1 Å². The zero-order chi connectivity index (χ0) is 19.0. The van der Waals surface area contributed by atoms with Gasteiger partial charge in [0.15, 0.2) is 28.8 Å². The fraction of sp³-hybridized carbons (Fsp3) is 0.211. The summed E-state index contributed by atoms with van der Waals surface area (Å²) in [6, 6.07) is 8.79. The van der Waals surface area contributed by atoms with Crippen molar-refractivity contribution in [3.63, 3.8) is 0 Å². The van der Waals surface area contributed by atoms with Crippen LogP contribution in [0.5, 0.6) is 28.7 Å². The molecule has 4 rings (SSSR count). The third-order valence-electron chi connectivity index (χ3n) is 4.24. The highest BCUT2D eigenvalue weighted by Crippen LogP contribution is 2.43. The molecule has 1 aliphatic rings. The smallest absolute Gasteiger partial charge is 0.417 e. The summed E-state index contributed by atoms with van der Waals surface area (Å²) in [5, 5.41) is 0. The molecule has 0 bridgehead atoms. The molecule has 2 aromatic carbocycles. The Hall–Kier alpha value is -3.55. The summed E-state index contributed by atoms with van der Waals surface area (Å²) in [4.78, 5) is 14.7. The number of fused-ring (bicyclic) bond motifs is 1. The predicted molar refractivity (Wildman–Crippen MR) is 96.0 cm³/mol. The van der Waals surface area contributed by atoms with Crippen molar-refractivity contribution >= 4 is 0 Å². The van der Waals surface area contributed by atoms with Crippen molar-refractivity contribution in [3.05, 3.63) is 40.9 Å². The molecule has 8 nitrogen and oxygen atoms in total. The van der Waals surface area contributed by atoms with Gasteiger partial charge in [0.2, 0.25) is 12.5 Å². The minimum absolute atomic E-state index is 0.162. The summed E-state index contributed by atoms with van der Waals surface area (Å²) in [5.74, 6) is 2.41. The first-order valence-corrected chi connectivity index (χ1v) is 8.08. The summed E-state index contributed by atoms with van der Waals surface area (Å²) in [7, 11) is 4.58. The van der Waals surface area contributed by atoms with Gasteiger partial charge in [0.1, 0.15) is 0 Å². The highest BCUT2D eigenvalue weighted by atomic mass is 16.7. The lowest BCUT2D eigenvalue weighted by atomic mass is 10.0. The highest BCUT2D eigenvalue weighted by molar-refractivity contribution is 5.80. The Morgan fingerprint density at radius 2 is 1.59 bits per heavy atom. The number of nitrogens with one attached hydrogen (secondary N) is 1. The van der Waals surface area contributed by atoms with Gasteiger partial charge in [-0.1, -0.05) is 0 Å². The van der Waals surface area contributed by atoms with E-state index >= 15 is 0 Å². The highest BCUT2D eigenvalue weighted by Gasteiger charge is 2.22.